The van der Waals surface area contributed by atoms with Gasteiger partial charge in [-0.05, 0) is 55.2 Å². The summed E-state index contributed by atoms with van der Waals surface area (Å²) in [5, 5.41) is 2.96. The molecule has 3 rings (SSSR count). The van der Waals surface area contributed by atoms with Crippen molar-refractivity contribution in [3.05, 3.63) is 59.2 Å². The summed E-state index contributed by atoms with van der Waals surface area (Å²) < 4.78 is 0. The van der Waals surface area contributed by atoms with E-state index in [2.05, 4.69) is 12.2 Å². The Kier molecular flexibility index (Phi) is 4.88. The van der Waals surface area contributed by atoms with Crippen LogP contribution in [0.15, 0.2) is 42.5 Å². The van der Waals surface area contributed by atoms with Crippen molar-refractivity contribution in [3.8, 4) is 0 Å². The van der Waals surface area contributed by atoms with Crippen molar-refractivity contribution in [2.24, 2.45) is 5.92 Å². The van der Waals surface area contributed by atoms with Crippen LogP contribution >= 0.6 is 0 Å². The maximum atomic E-state index is 12.6. The van der Waals surface area contributed by atoms with Gasteiger partial charge >= 0.3 is 0 Å². The van der Waals surface area contributed by atoms with Crippen molar-refractivity contribution < 1.29 is 9.59 Å². The van der Waals surface area contributed by atoms with Crippen molar-refractivity contribution in [2.45, 2.75) is 33.6 Å². The Balaban J connectivity index is 1.73. The molecular formula is C21H24N2O2. The molecule has 130 valence electrons. The second-order valence-electron chi connectivity index (χ2n) is 6.67. The minimum absolute atomic E-state index is 0.0103. The third kappa shape index (κ3) is 3.58. The fourth-order valence-corrected chi connectivity index (χ4v) is 3.26. The molecule has 1 N–H and O–H groups in total. The Hall–Kier alpha value is -2.62. The van der Waals surface area contributed by atoms with E-state index in [4.69, 9.17) is 0 Å². The number of benzene rings is 2. The fraction of sp³-hybridized carbons (Fsp3) is 0.333. The van der Waals surface area contributed by atoms with Crippen molar-refractivity contribution in [2.75, 3.05) is 16.8 Å². The molecule has 1 fully saturated rings. The summed E-state index contributed by atoms with van der Waals surface area (Å²) in [4.78, 5) is 26.8. The predicted molar refractivity (Wildman–Crippen MR) is 101 cm³/mol. The molecule has 2 aromatic rings. The van der Waals surface area contributed by atoms with Gasteiger partial charge < -0.3 is 10.2 Å². The lowest BCUT2D eigenvalue weighted by molar-refractivity contribution is -0.122. The van der Waals surface area contributed by atoms with Crippen LogP contribution in [0.5, 0.6) is 0 Å². The molecule has 2 amide bonds. The molecule has 0 aliphatic carbocycles. The minimum Gasteiger partial charge on any atom is -0.326 e. The van der Waals surface area contributed by atoms with Gasteiger partial charge in [0.15, 0.2) is 0 Å². The van der Waals surface area contributed by atoms with E-state index >= 15 is 0 Å². The van der Waals surface area contributed by atoms with E-state index in [-0.39, 0.29) is 24.2 Å². The monoisotopic (exact) mass is 336 g/mol. The Labute approximate surface area is 148 Å². The molecule has 0 aromatic heterocycles. The highest BCUT2D eigenvalue weighted by atomic mass is 16.2. The van der Waals surface area contributed by atoms with Gasteiger partial charge in [-0.1, -0.05) is 31.2 Å². The molecule has 2 aromatic carbocycles. The zero-order valence-electron chi connectivity index (χ0n) is 15.0. The summed E-state index contributed by atoms with van der Waals surface area (Å²) in [6.45, 7) is 6.56. The molecule has 0 radical (unpaired) electrons. The lowest BCUT2D eigenvalue weighted by Crippen LogP contribution is -2.28. The van der Waals surface area contributed by atoms with Gasteiger partial charge in [-0.3, -0.25) is 9.59 Å². The number of nitrogens with zero attached hydrogens (tertiary/aromatic N) is 1. The fourth-order valence-electron chi connectivity index (χ4n) is 3.26. The van der Waals surface area contributed by atoms with E-state index in [1.165, 1.54) is 5.56 Å². The first kappa shape index (κ1) is 17.2. The molecule has 0 spiro atoms. The second kappa shape index (κ2) is 7.09. The number of nitrogens with one attached hydrogen (secondary N) is 1. The molecule has 1 aliphatic rings. The van der Waals surface area contributed by atoms with Gasteiger partial charge in [0.25, 0.3) is 0 Å². The Morgan fingerprint density at radius 3 is 2.72 bits per heavy atom. The number of hydrogen-bond donors (Lipinski definition) is 1. The highest BCUT2D eigenvalue weighted by Crippen LogP contribution is 2.30. The van der Waals surface area contributed by atoms with Gasteiger partial charge in [-0.15, -0.1) is 0 Å². The first-order chi connectivity index (χ1) is 12.0. The number of aryl methyl sites for hydroxylation is 2. The normalized spacial score (nSPS) is 17.0. The van der Waals surface area contributed by atoms with E-state index in [1.54, 1.807) is 4.90 Å². The third-order valence-electron chi connectivity index (χ3n) is 4.97. The summed E-state index contributed by atoms with van der Waals surface area (Å²) in [6, 6.07) is 13.8. The molecule has 1 heterocycles. The number of rotatable bonds is 4. The maximum absolute atomic E-state index is 12.6. The molecule has 0 saturated carbocycles. The van der Waals surface area contributed by atoms with Gasteiger partial charge in [0.1, 0.15) is 0 Å². The number of amides is 2. The average molecular weight is 336 g/mol. The molecular weight excluding hydrogens is 312 g/mol. The SMILES string of the molecule is CCc1cccc(NC(=O)C2CC(=O)N(c3cccc(C)c3C)C2)c1. The van der Waals surface area contributed by atoms with Crippen LogP contribution in [0.2, 0.25) is 0 Å². The van der Waals surface area contributed by atoms with Gasteiger partial charge in [-0.2, -0.15) is 0 Å². The van der Waals surface area contributed by atoms with Crippen molar-refractivity contribution >= 4 is 23.2 Å². The lowest BCUT2D eigenvalue weighted by atomic mass is 10.1. The number of anilines is 2. The topological polar surface area (TPSA) is 49.4 Å². The standard InChI is InChI=1S/C21H24N2O2/c1-4-16-8-6-9-18(11-16)22-21(25)17-12-20(24)23(13-17)19-10-5-7-14(2)15(19)3/h5-11,17H,4,12-13H2,1-3H3,(H,22,25). The first-order valence-electron chi connectivity index (χ1n) is 8.76. The Morgan fingerprint density at radius 1 is 1.20 bits per heavy atom. The number of hydrogen-bond acceptors (Lipinski definition) is 2. The maximum Gasteiger partial charge on any atom is 0.229 e. The van der Waals surface area contributed by atoms with Crippen LogP contribution in [0.3, 0.4) is 0 Å². The number of carbonyl (C=O) groups excluding carboxylic acids is 2. The van der Waals surface area contributed by atoms with Crippen LogP contribution in [-0.4, -0.2) is 18.4 Å². The van der Waals surface area contributed by atoms with Crippen molar-refractivity contribution in [1.29, 1.82) is 0 Å². The molecule has 1 atom stereocenters. The summed E-state index contributed by atoms with van der Waals surface area (Å²) in [5.41, 5.74) is 5.12. The highest BCUT2D eigenvalue weighted by molar-refractivity contribution is 6.03. The van der Waals surface area contributed by atoms with E-state index < -0.39 is 0 Å². The van der Waals surface area contributed by atoms with Gasteiger partial charge in [0.2, 0.25) is 11.8 Å². The van der Waals surface area contributed by atoms with E-state index in [9.17, 15) is 9.59 Å². The van der Waals surface area contributed by atoms with Crippen LogP contribution in [0.1, 0.15) is 30.0 Å². The molecule has 1 aliphatic heterocycles. The summed E-state index contributed by atoms with van der Waals surface area (Å²) in [5.74, 6) is -0.400. The van der Waals surface area contributed by atoms with E-state index in [1.807, 2.05) is 56.3 Å². The number of carbonyl (C=O) groups is 2. The largest absolute Gasteiger partial charge is 0.326 e. The van der Waals surface area contributed by atoms with Crippen molar-refractivity contribution in [3.63, 3.8) is 0 Å². The Morgan fingerprint density at radius 2 is 1.96 bits per heavy atom. The summed E-state index contributed by atoms with van der Waals surface area (Å²) >= 11 is 0. The molecule has 4 heteroatoms. The molecule has 0 bridgehead atoms. The summed E-state index contributed by atoms with van der Waals surface area (Å²) in [7, 11) is 0. The molecule has 25 heavy (non-hydrogen) atoms. The smallest absolute Gasteiger partial charge is 0.229 e. The molecule has 1 saturated heterocycles. The molecule has 1 unspecified atom stereocenters. The van der Waals surface area contributed by atoms with Crippen LogP contribution in [0, 0.1) is 19.8 Å². The lowest BCUT2D eigenvalue weighted by Gasteiger charge is -2.20. The predicted octanol–water partition coefficient (Wildman–Crippen LogP) is 3.86. The minimum atomic E-state index is -0.322. The highest BCUT2D eigenvalue weighted by Gasteiger charge is 2.35. The van der Waals surface area contributed by atoms with Crippen molar-refractivity contribution in [1.82, 2.24) is 0 Å². The van der Waals surface area contributed by atoms with E-state index in [0.29, 0.717) is 6.54 Å². The van der Waals surface area contributed by atoms with Gasteiger partial charge in [0, 0.05) is 24.3 Å². The first-order valence-corrected chi connectivity index (χ1v) is 8.76. The molecule has 4 nitrogen and oxygen atoms in total. The second-order valence-corrected chi connectivity index (χ2v) is 6.67. The third-order valence-corrected chi connectivity index (χ3v) is 4.97. The zero-order valence-corrected chi connectivity index (χ0v) is 15.0. The van der Waals surface area contributed by atoms with Crippen LogP contribution in [-0.2, 0) is 16.0 Å². The van der Waals surface area contributed by atoms with Crippen LogP contribution in [0.25, 0.3) is 0 Å². The average Bonchev–Trinajstić information content (AvgIpc) is 2.99. The quantitative estimate of drug-likeness (QED) is 0.922. The van der Waals surface area contributed by atoms with E-state index in [0.717, 1.165) is 28.9 Å². The van der Waals surface area contributed by atoms with Gasteiger partial charge in [-0.25, -0.2) is 0 Å². The van der Waals surface area contributed by atoms with Crippen LogP contribution in [0.4, 0.5) is 11.4 Å². The Bertz CT molecular complexity index is 813. The zero-order chi connectivity index (χ0) is 18.0. The van der Waals surface area contributed by atoms with Crippen LogP contribution < -0.4 is 10.2 Å². The van der Waals surface area contributed by atoms with Gasteiger partial charge in [0.05, 0.1) is 5.92 Å². The summed E-state index contributed by atoms with van der Waals surface area (Å²) in [6.07, 6.45) is 1.18.